The number of ether oxygens (including phenoxy) is 2. The molecule has 0 unspecified atom stereocenters. The highest BCUT2D eigenvalue weighted by molar-refractivity contribution is 5.67. The molecule has 2 N–H and O–H groups in total. The Morgan fingerprint density at radius 3 is 2.54 bits per heavy atom. The summed E-state index contributed by atoms with van der Waals surface area (Å²) in [6, 6.07) is 13.0. The first-order valence-electron chi connectivity index (χ1n) is 8.45. The second kappa shape index (κ2) is 7.03. The minimum atomic E-state index is 0.182. The van der Waals surface area contributed by atoms with Gasteiger partial charge in [-0.15, -0.1) is 5.10 Å². The summed E-state index contributed by atoms with van der Waals surface area (Å²) >= 11 is 0. The Morgan fingerprint density at radius 2 is 1.82 bits per heavy atom. The second-order valence-corrected chi connectivity index (χ2v) is 6.06. The van der Waals surface area contributed by atoms with Crippen molar-refractivity contribution in [3.8, 4) is 40.2 Å². The lowest BCUT2D eigenvalue weighted by atomic mass is 10.2. The molecule has 2 aromatic carbocycles. The normalized spacial score (nSPS) is 10.8. The van der Waals surface area contributed by atoms with Crippen LogP contribution in [0.2, 0.25) is 0 Å². The number of anilines is 1. The van der Waals surface area contributed by atoms with Crippen LogP contribution in [0.1, 0.15) is 5.56 Å². The standard InChI is InChI=1S/C19H18N6O3/c1-11-4-9-15(27-3)14(10-11)25-17(20)16(22-24-25)19-21-18(23-28-19)12-5-7-13(26-2)8-6-12/h4-10H,20H2,1-3H3. The minimum absolute atomic E-state index is 0.182. The van der Waals surface area contributed by atoms with Crippen molar-refractivity contribution in [2.45, 2.75) is 6.92 Å². The summed E-state index contributed by atoms with van der Waals surface area (Å²) < 4.78 is 17.4. The second-order valence-electron chi connectivity index (χ2n) is 6.06. The molecule has 0 aliphatic rings. The van der Waals surface area contributed by atoms with Gasteiger partial charge in [0, 0.05) is 5.56 Å². The van der Waals surface area contributed by atoms with Crippen molar-refractivity contribution in [3.63, 3.8) is 0 Å². The molecule has 4 rings (SSSR count). The summed E-state index contributed by atoms with van der Waals surface area (Å²) in [5.41, 5.74) is 9.06. The zero-order chi connectivity index (χ0) is 19.7. The summed E-state index contributed by atoms with van der Waals surface area (Å²) in [6.07, 6.45) is 0. The molecule has 0 saturated carbocycles. The quantitative estimate of drug-likeness (QED) is 0.564. The Labute approximate surface area is 160 Å². The first-order valence-corrected chi connectivity index (χ1v) is 8.45. The fraction of sp³-hybridized carbons (Fsp3) is 0.158. The fourth-order valence-corrected chi connectivity index (χ4v) is 2.76. The third-order valence-electron chi connectivity index (χ3n) is 4.24. The molecule has 0 aliphatic carbocycles. The molecule has 28 heavy (non-hydrogen) atoms. The lowest BCUT2D eigenvalue weighted by molar-refractivity contribution is 0.411. The fourth-order valence-electron chi connectivity index (χ4n) is 2.76. The van der Waals surface area contributed by atoms with Crippen LogP contribution in [0.25, 0.3) is 28.7 Å². The number of hydrogen-bond acceptors (Lipinski definition) is 8. The monoisotopic (exact) mass is 378 g/mol. The van der Waals surface area contributed by atoms with E-state index in [0.29, 0.717) is 23.0 Å². The van der Waals surface area contributed by atoms with Gasteiger partial charge in [-0.05, 0) is 48.9 Å². The van der Waals surface area contributed by atoms with Crippen molar-refractivity contribution in [1.29, 1.82) is 0 Å². The molecule has 4 aromatic rings. The molecule has 0 fully saturated rings. The Balaban J connectivity index is 1.70. The predicted molar refractivity (Wildman–Crippen MR) is 102 cm³/mol. The molecule has 0 radical (unpaired) electrons. The molecule has 0 bridgehead atoms. The van der Waals surface area contributed by atoms with E-state index in [-0.39, 0.29) is 11.7 Å². The molecule has 2 heterocycles. The molecular weight excluding hydrogens is 360 g/mol. The molecule has 0 aliphatic heterocycles. The van der Waals surface area contributed by atoms with Gasteiger partial charge in [-0.2, -0.15) is 9.67 Å². The smallest absolute Gasteiger partial charge is 0.282 e. The van der Waals surface area contributed by atoms with Crippen LogP contribution in [-0.2, 0) is 0 Å². The van der Waals surface area contributed by atoms with E-state index in [9.17, 15) is 0 Å². The summed E-state index contributed by atoms with van der Waals surface area (Å²) in [5, 5.41) is 12.3. The maximum atomic E-state index is 6.26. The molecule has 0 amide bonds. The molecule has 142 valence electrons. The largest absolute Gasteiger partial charge is 0.497 e. The van der Waals surface area contributed by atoms with Crippen LogP contribution in [-0.4, -0.2) is 39.4 Å². The van der Waals surface area contributed by atoms with Crippen LogP contribution in [0.15, 0.2) is 47.0 Å². The van der Waals surface area contributed by atoms with Crippen LogP contribution in [0.3, 0.4) is 0 Å². The van der Waals surface area contributed by atoms with Crippen LogP contribution >= 0.6 is 0 Å². The lowest BCUT2D eigenvalue weighted by Gasteiger charge is -2.09. The Bertz CT molecular complexity index is 1120. The number of aryl methyl sites for hydroxylation is 1. The molecule has 0 spiro atoms. The first kappa shape index (κ1) is 17.5. The molecular formula is C19H18N6O3. The summed E-state index contributed by atoms with van der Waals surface area (Å²) in [4.78, 5) is 4.39. The number of methoxy groups -OCH3 is 2. The number of nitrogen functional groups attached to an aromatic ring is 1. The molecule has 0 saturated heterocycles. The SMILES string of the molecule is COc1ccc(-c2noc(-c3nnn(-c4cc(C)ccc4OC)c3N)n2)cc1. The highest BCUT2D eigenvalue weighted by Crippen LogP contribution is 2.30. The van der Waals surface area contributed by atoms with E-state index in [4.69, 9.17) is 19.7 Å². The number of rotatable bonds is 5. The van der Waals surface area contributed by atoms with Crippen molar-refractivity contribution in [2.24, 2.45) is 0 Å². The van der Waals surface area contributed by atoms with E-state index in [2.05, 4.69) is 20.5 Å². The van der Waals surface area contributed by atoms with Crippen molar-refractivity contribution in [2.75, 3.05) is 20.0 Å². The number of nitrogens with two attached hydrogens (primary N) is 1. The van der Waals surface area contributed by atoms with Crippen LogP contribution in [0, 0.1) is 6.92 Å². The van der Waals surface area contributed by atoms with E-state index < -0.39 is 0 Å². The van der Waals surface area contributed by atoms with E-state index in [1.54, 1.807) is 14.2 Å². The summed E-state index contributed by atoms with van der Waals surface area (Å²) in [7, 11) is 3.19. The van der Waals surface area contributed by atoms with E-state index in [1.165, 1.54) is 4.68 Å². The van der Waals surface area contributed by atoms with Gasteiger partial charge in [-0.25, -0.2) is 0 Å². The Morgan fingerprint density at radius 1 is 1.04 bits per heavy atom. The number of benzene rings is 2. The lowest BCUT2D eigenvalue weighted by Crippen LogP contribution is -2.04. The highest BCUT2D eigenvalue weighted by atomic mass is 16.5. The average molecular weight is 378 g/mol. The van der Waals surface area contributed by atoms with Gasteiger partial charge >= 0.3 is 0 Å². The first-order chi connectivity index (χ1) is 13.6. The molecule has 2 aromatic heterocycles. The summed E-state index contributed by atoms with van der Waals surface area (Å²) in [6.45, 7) is 1.97. The van der Waals surface area contributed by atoms with E-state index in [1.807, 2.05) is 49.4 Å². The maximum Gasteiger partial charge on any atom is 0.282 e. The van der Waals surface area contributed by atoms with Gasteiger partial charge in [0.05, 0.1) is 14.2 Å². The molecule has 9 nitrogen and oxygen atoms in total. The zero-order valence-electron chi connectivity index (χ0n) is 15.6. The third-order valence-corrected chi connectivity index (χ3v) is 4.24. The third kappa shape index (κ3) is 3.02. The highest BCUT2D eigenvalue weighted by Gasteiger charge is 2.21. The van der Waals surface area contributed by atoms with Crippen molar-refractivity contribution in [1.82, 2.24) is 25.1 Å². The maximum absolute atomic E-state index is 6.26. The van der Waals surface area contributed by atoms with Gasteiger partial charge < -0.3 is 19.7 Å². The summed E-state index contributed by atoms with van der Waals surface area (Å²) in [5.74, 6) is 2.24. The van der Waals surface area contributed by atoms with Crippen molar-refractivity contribution in [3.05, 3.63) is 48.0 Å². The van der Waals surface area contributed by atoms with E-state index >= 15 is 0 Å². The molecule has 9 heteroatoms. The van der Waals surface area contributed by atoms with Gasteiger partial charge in [0.15, 0.2) is 11.5 Å². The average Bonchev–Trinajstić information content (AvgIpc) is 3.34. The topological polar surface area (TPSA) is 114 Å². The molecule has 0 atom stereocenters. The van der Waals surface area contributed by atoms with Gasteiger partial charge in [-0.3, -0.25) is 0 Å². The Hall–Kier alpha value is -3.88. The van der Waals surface area contributed by atoms with Gasteiger partial charge in [0.2, 0.25) is 5.82 Å². The van der Waals surface area contributed by atoms with Gasteiger partial charge in [-0.1, -0.05) is 16.4 Å². The number of nitrogens with zero attached hydrogens (tertiary/aromatic N) is 5. The van der Waals surface area contributed by atoms with Crippen LogP contribution < -0.4 is 15.2 Å². The van der Waals surface area contributed by atoms with Gasteiger partial charge in [0.1, 0.15) is 17.2 Å². The van der Waals surface area contributed by atoms with E-state index in [0.717, 1.165) is 16.9 Å². The van der Waals surface area contributed by atoms with Crippen LogP contribution in [0.5, 0.6) is 11.5 Å². The van der Waals surface area contributed by atoms with Gasteiger partial charge in [0.25, 0.3) is 5.89 Å². The van der Waals surface area contributed by atoms with Crippen LogP contribution in [0.4, 0.5) is 5.82 Å². The predicted octanol–water partition coefficient (Wildman–Crippen LogP) is 2.89. The minimum Gasteiger partial charge on any atom is -0.497 e. The zero-order valence-corrected chi connectivity index (χ0v) is 15.6. The van der Waals surface area contributed by atoms with Crippen molar-refractivity contribution < 1.29 is 14.0 Å². The number of hydrogen-bond donors (Lipinski definition) is 1. The number of aromatic nitrogens is 5. The Kier molecular flexibility index (Phi) is 4.40. The van der Waals surface area contributed by atoms with Crippen molar-refractivity contribution >= 4 is 5.82 Å².